The molecule has 4 rings (SSSR count). The summed E-state index contributed by atoms with van der Waals surface area (Å²) in [6.45, 7) is 3.03. The van der Waals surface area contributed by atoms with Crippen LogP contribution in [0.15, 0.2) is 82.0 Å². The number of carbonyl (C=O) groups is 1. The fourth-order valence-corrected chi connectivity index (χ4v) is 4.16. The van der Waals surface area contributed by atoms with Crippen LogP contribution in [0.25, 0.3) is 0 Å². The number of benzene rings is 2. The molecule has 1 fully saturated rings. The molecule has 3 aromatic rings. The predicted molar refractivity (Wildman–Crippen MR) is 119 cm³/mol. The molecule has 0 atom stereocenters. The Morgan fingerprint density at radius 2 is 1.58 bits per heavy atom. The Balaban J connectivity index is 1.39. The van der Waals surface area contributed by atoms with Crippen LogP contribution < -0.4 is 10.4 Å². The van der Waals surface area contributed by atoms with Crippen LogP contribution in [0.5, 0.6) is 5.75 Å². The van der Waals surface area contributed by atoms with Gasteiger partial charge in [0, 0.05) is 44.3 Å². The number of piperidine rings is 1. The van der Waals surface area contributed by atoms with Gasteiger partial charge in [0.1, 0.15) is 17.6 Å². The minimum Gasteiger partial charge on any atom is -0.490 e. The third-order valence-electron chi connectivity index (χ3n) is 5.75. The third-order valence-corrected chi connectivity index (χ3v) is 5.75. The summed E-state index contributed by atoms with van der Waals surface area (Å²) in [6.07, 6.45) is 1.92. The van der Waals surface area contributed by atoms with Gasteiger partial charge in [0.25, 0.3) is 0 Å². The van der Waals surface area contributed by atoms with Gasteiger partial charge in [0.2, 0.25) is 5.91 Å². The molecule has 0 saturated carbocycles. The van der Waals surface area contributed by atoms with Crippen LogP contribution in [-0.2, 0) is 4.79 Å². The van der Waals surface area contributed by atoms with Crippen LogP contribution in [0.3, 0.4) is 0 Å². The molecule has 0 aliphatic carbocycles. The molecule has 1 aliphatic rings. The molecule has 0 radical (unpaired) electrons. The molecule has 5 heteroatoms. The van der Waals surface area contributed by atoms with Crippen LogP contribution in [0, 0.1) is 6.92 Å². The van der Waals surface area contributed by atoms with E-state index in [-0.39, 0.29) is 17.9 Å². The molecule has 1 aliphatic heterocycles. The summed E-state index contributed by atoms with van der Waals surface area (Å²) in [5.41, 5.74) is 1.90. The number of hydrogen-bond acceptors (Lipinski definition) is 4. The van der Waals surface area contributed by atoms with Crippen LogP contribution in [0.4, 0.5) is 0 Å². The molecule has 5 nitrogen and oxygen atoms in total. The maximum Gasteiger partial charge on any atom is 0.339 e. The quantitative estimate of drug-likeness (QED) is 0.591. The van der Waals surface area contributed by atoms with Crippen LogP contribution in [0.2, 0.25) is 0 Å². The lowest BCUT2D eigenvalue weighted by Gasteiger charge is -2.33. The van der Waals surface area contributed by atoms with Crippen molar-refractivity contribution in [2.24, 2.45) is 0 Å². The number of likely N-dealkylation sites (tertiary alicyclic amines) is 1. The highest BCUT2D eigenvalue weighted by atomic mass is 16.5. The Morgan fingerprint density at radius 1 is 1.00 bits per heavy atom. The molecule has 31 heavy (non-hydrogen) atoms. The van der Waals surface area contributed by atoms with E-state index in [0.717, 1.165) is 24.0 Å². The summed E-state index contributed by atoms with van der Waals surface area (Å²) < 4.78 is 10.9. The molecule has 1 saturated heterocycles. The topological polar surface area (TPSA) is 59.8 Å². The second kappa shape index (κ2) is 9.65. The van der Waals surface area contributed by atoms with Gasteiger partial charge in [-0.05, 0) is 18.1 Å². The van der Waals surface area contributed by atoms with Crippen LogP contribution in [0.1, 0.15) is 42.1 Å². The number of hydrogen-bond donors (Lipinski definition) is 0. The molecule has 0 N–H and O–H groups in total. The fraction of sp³-hybridized carbons (Fsp3) is 0.308. The van der Waals surface area contributed by atoms with E-state index in [4.69, 9.17) is 9.15 Å². The Hall–Kier alpha value is -3.34. The molecule has 160 valence electrons. The fourth-order valence-electron chi connectivity index (χ4n) is 4.16. The van der Waals surface area contributed by atoms with Gasteiger partial charge in [-0.25, -0.2) is 4.79 Å². The maximum atomic E-state index is 13.1. The summed E-state index contributed by atoms with van der Waals surface area (Å²) in [5, 5.41) is 0. The normalized spacial score (nSPS) is 14.6. The Morgan fingerprint density at radius 3 is 2.13 bits per heavy atom. The van der Waals surface area contributed by atoms with E-state index in [1.807, 2.05) is 41.3 Å². The monoisotopic (exact) mass is 417 g/mol. The summed E-state index contributed by atoms with van der Waals surface area (Å²) in [5.74, 6) is 1.26. The maximum absolute atomic E-state index is 13.1. The van der Waals surface area contributed by atoms with E-state index < -0.39 is 5.63 Å². The van der Waals surface area contributed by atoms with Crippen molar-refractivity contribution in [1.82, 2.24) is 4.90 Å². The summed E-state index contributed by atoms with van der Waals surface area (Å²) in [7, 11) is 0. The zero-order valence-corrected chi connectivity index (χ0v) is 17.7. The molecule has 0 spiro atoms. The average molecular weight is 418 g/mol. The first-order chi connectivity index (χ1) is 15.1. The minimum absolute atomic E-state index is 0.00991. The predicted octanol–water partition coefficient (Wildman–Crippen LogP) is 4.54. The largest absolute Gasteiger partial charge is 0.490 e. The molecular formula is C26H27NO4. The van der Waals surface area contributed by atoms with E-state index in [2.05, 4.69) is 24.3 Å². The van der Waals surface area contributed by atoms with E-state index in [9.17, 15) is 9.59 Å². The van der Waals surface area contributed by atoms with Crippen molar-refractivity contribution >= 4 is 5.91 Å². The van der Waals surface area contributed by atoms with Crippen LogP contribution in [-0.4, -0.2) is 30.0 Å². The van der Waals surface area contributed by atoms with Gasteiger partial charge >= 0.3 is 5.63 Å². The molecule has 2 heterocycles. The lowest BCUT2D eigenvalue weighted by atomic mass is 9.88. The lowest BCUT2D eigenvalue weighted by molar-refractivity contribution is -0.133. The van der Waals surface area contributed by atoms with Gasteiger partial charge in [-0.3, -0.25) is 4.79 Å². The minimum atomic E-state index is -0.407. The zero-order valence-electron chi connectivity index (χ0n) is 17.7. The SMILES string of the molecule is Cc1cc(OC2CCN(C(=O)CC(c3ccccc3)c3ccccc3)CC2)cc(=O)o1. The summed E-state index contributed by atoms with van der Waals surface area (Å²) in [6, 6.07) is 23.5. The standard InChI is InChI=1S/C26H27NO4/c1-19-16-23(17-26(29)30-19)31-22-12-14-27(15-13-22)25(28)18-24(20-8-4-2-5-9-20)21-10-6-3-7-11-21/h2-11,16-17,22,24H,12-15,18H2,1H3. The number of aryl methyl sites for hydroxylation is 1. The summed E-state index contributed by atoms with van der Waals surface area (Å²) in [4.78, 5) is 26.6. The Kier molecular flexibility index (Phi) is 6.51. The highest BCUT2D eigenvalue weighted by Gasteiger charge is 2.27. The second-order valence-corrected chi connectivity index (χ2v) is 8.00. The number of ether oxygens (including phenoxy) is 1. The van der Waals surface area contributed by atoms with Gasteiger partial charge in [-0.15, -0.1) is 0 Å². The van der Waals surface area contributed by atoms with Crippen molar-refractivity contribution in [3.8, 4) is 5.75 Å². The van der Waals surface area contributed by atoms with Gasteiger partial charge in [-0.2, -0.15) is 0 Å². The zero-order chi connectivity index (χ0) is 21.6. The number of amides is 1. The smallest absolute Gasteiger partial charge is 0.339 e. The highest BCUT2D eigenvalue weighted by molar-refractivity contribution is 5.78. The third kappa shape index (κ3) is 5.43. The first-order valence-electron chi connectivity index (χ1n) is 10.7. The number of carbonyl (C=O) groups excluding carboxylic acids is 1. The summed E-state index contributed by atoms with van der Waals surface area (Å²) >= 11 is 0. The molecule has 0 bridgehead atoms. The average Bonchev–Trinajstić information content (AvgIpc) is 2.78. The molecule has 0 unspecified atom stereocenters. The van der Waals surface area contributed by atoms with Gasteiger partial charge in [-0.1, -0.05) is 60.7 Å². The van der Waals surface area contributed by atoms with Crippen molar-refractivity contribution in [2.75, 3.05) is 13.1 Å². The first-order valence-corrected chi connectivity index (χ1v) is 10.7. The molecule has 1 amide bonds. The van der Waals surface area contributed by atoms with E-state index >= 15 is 0 Å². The highest BCUT2D eigenvalue weighted by Crippen LogP contribution is 2.29. The van der Waals surface area contributed by atoms with E-state index in [1.54, 1.807) is 13.0 Å². The molecular weight excluding hydrogens is 390 g/mol. The second-order valence-electron chi connectivity index (χ2n) is 8.00. The Labute approximate surface area is 182 Å². The van der Waals surface area contributed by atoms with Crippen molar-refractivity contribution in [2.45, 2.75) is 38.2 Å². The van der Waals surface area contributed by atoms with Crippen molar-refractivity contribution in [3.05, 3.63) is 100 Å². The van der Waals surface area contributed by atoms with Gasteiger partial charge in [0.05, 0.1) is 6.07 Å². The Bertz CT molecular complexity index is 1010. The molecule has 2 aromatic carbocycles. The van der Waals surface area contributed by atoms with Crippen molar-refractivity contribution in [3.63, 3.8) is 0 Å². The lowest BCUT2D eigenvalue weighted by Crippen LogP contribution is -2.42. The number of rotatable bonds is 6. The van der Waals surface area contributed by atoms with Crippen LogP contribution >= 0.6 is 0 Å². The van der Waals surface area contributed by atoms with Gasteiger partial charge in [0.15, 0.2) is 0 Å². The van der Waals surface area contributed by atoms with Crippen molar-refractivity contribution in [1.29, 1.82) is 0 Å². The first kappa shape index (κ1) is 20.9. The molecule has 1 aromatic heterocycles. The number of nitrogens with zero attached hydrogens (tertiary/aromatic N) is 1. The van der Waals surface area contributed by atoms with E-state index in [0.29, 0.717) is 31.0 Å². The van der Waals surface area contributed by atoms with E-state index in [1.165, 1.54) is 6.07 Å². The van der Waals surface area contributed by atoms with Gasteiger partial charge < -0.3 is 14.1 Å². The van der Waals surface area contributed by atoms with Crippen molar-refractivity contribution < 1.29 is 13.9 Å².